The van der Waals surface area contributed by atoms with Gasteiger partial charge in [0.15, 0.2) is 11.5 Å². The zero-order chi connectivity index (χ0) is 12.7. The summed E-state index contributed by atoms with van der Waals surface area (Å²) >= 11 is 1.82. The third kappa shape index (κ3) is 2.09. The van der Waals surface area contributed by atoms with E-state index in [2.05, 4.69) is 17.4 Å². The summed E-state index contributed by atoms with van der Waals surface area (Å²) in [5.74, 6) is 1.69. The maximum absolute atomic E-state index is 5.41. The lowest BCUT2D eigenvalue weighted by atomic mass is 10.1. The van der Waals surface area contributed by atoms with Crippen LogP contribution < -0.4 is 14.8 Å². The third-order valence-electron chi connectivity index (χ3n) is 3.44. The van der Waals surface area contributed by atoms with E-state index in [4.69, 9.17) is 14.5 Å². The molecule has 2 aliphatic rings. The Balaban J connectivity index is 1.59. The molecule has 0 radical (unpaired) electrons. The molecule has 0 fully saturated rings. The number of nitrogens with one attached hydrogen (secondary N) is 1. The average Bonchev–Trinajstić information content (AvgIpc) is 3.03. The maximum Gasteiger partial charge on any atom is 0.231 e. The number of aromatic nitrogens is 1. The Bertz CT molecular complexity index is 600. The summed E-state index contributed by atoms with van der Waals surface area (Å²) in [5.41, 5.74) is 2.50. The lowest BCUT2D eigenvalue weighted by Crippen LogP contribution is -2.22. The van der Waals surface area contributed by atoms with Crippen molar-refractivity contribution >= 4 is 11.3 Å². The Morgan fingerprint density at radius 3 is 3.16 bits per heavy atom. The highest BCUT2D eigenvalue weighted by Gasteiger charge is 2.17. The molecule has 1 aromatic heterocycles. The number of thiazole rings is 1. The smallest absolute Gasteiger partial charge is 0.231 e. The largest absolute Gasteiger partial charge is 0.454 e. The van der Waals surface area contributed by atoms with Crippen LogP contribution in [0.1, 0.15) is 21.1 Å². The van der Waals surface area contributed by atoms with E-state index in [-0.39, 0.29) is 0 Å². The van der Waals surface area contributed by atoms with E-state index in [1.165, 1.54) is 21.1 Å². The van der Waals surface area contributed by atoms with Gasteiger partial charge in [0.2, 0.25) is 6.79 Å². The first-order valence-electron chi connectivity index (χ1n) is 6.45. The summed E-state index contributed by atoms with van der Waals surface area (Å²) in [6.45, 7) is 2.34. The molecule has 0 aliphatic carbocycles. The second-order valence-electron chi connectivity index (χ2n) is 4.77. The van der Waals surface area contributed by atoms with Crippen LogP contribution in [0.2, 0.25) is 0 Å². The van der Waals surface area contributed by atoms with Gasteiger partial charge in [0.05, 0.1) is 10.7 Å². The van der Waals surface area contributed by atoms with Crippen molar-refractivity contribution in [3.8, 4) is 11.5 Å². The third-order valence-corrected chi connectivity index (χ3v) is 4.54. The van der Waals surface area contributed by atoms with Crippen LogP contribution in [-0.4, -0.2) is 18.3 Å². The minimum Gasteiger partial charge on any atom is -0.454 e. The van der Waals surface area contributed by atoms with Crippen LogP contribution in [-0.2, 0) is 19.4 Å². The second-order valence-corrected chi connectivity index (χ2v) is 5.94. The fourth-order valence-corrected chi connectivity index (χ4v) is 3.60. The summed E-state index contributed by atoms with van der Waals surface area (Å²) in [6, 6.07) is 6.12. The lowest BCUT2D eigenvalue weighted by molar-refractivity contribution is 0.174. The van der Waals surface area contributed by atoms with Crippen molar-refractivity contribution in [2.45, 2.75) is 19.4 Å². The summed E-state index contributed by atoms with van der Waals surface area (Å²) in [7, 11) is 0. The van der Waals surface area contributed by atoms with Gasteiger partial charge in [-0.1, -0.05) is 6.07 Å². The highest BCUT2D eigenvalue weighted by atomic mass is 32.1. The van der Waals surface area contributed by atoms with E-state index in [1.807, 2.05) is 17.4 Å². The number of nitrogens with zero attached hydrogens (tertiary/aromatic N) is 1. The fraction of sp³-hybridized carbons (Fsp3) is 0.357. The van der Waals surface area contributed by atoms with Crippen LogP contribution in [0.15, 0.2) is 18.2 Å². The van der Waals surface area contributed by atoms with Crippen LogP contribution in [0.4, 0.5) is 0 Å². The molecule has 4 rings (SSSR count). The molecular weight excluding hydrogens is 260 g/mol. The molecule has 4 nitrogen and oxygen atoms in total. The molecule has 1 N–H and O–H groups in total. The van der Waals surface area contributed by atoms with Crippen LogP contribution >= 0.6 is 11.3 Å². The Hall–Kier alpha value is -1.59. The Morgan fingerprint density at radius 1 is 1.26 bits per heavy atom. The molecule has 0 atom stereocenters. The van der Waals surface area contributed by atoms with E-state index in [9.17, 15) is 0 Å². The molecule has 1 aromatic carbocycles. The van der Waals surface area contributed by atoms with Crippen molar-refractivity contribution in [3.05, 3.63) is 39.3 Å². The second kappa shape index (κ2) is 4.51. The van der Waals surface area contributed by atoms with Gasteiger partial charge in [-0.15, -0.1) is 11.3 Å². The molecule has 0 spiro atoms. The van der Waals surface area contributed by atoms with Crippen molar-refractivity contribution in [1.29, 1.82) is 0 Å². The molecule has 0 saturated carbocycles. The van der Waals surface area contributed by atoms with Crippen LogP contribution in [0.25, 0.3) is 0 Å². The monoisotopic (exact) mass is 274 g/mol. The van der Waals surface area contributed by atoms with Gasteiger partial charge in [-0.3, -0.25) is 0 Å². The Labute approximate surface area is 115 Å². The fourth-order valence-electron chi connectivity index (χ4n) is 2.48. The minimum absolute atomic E-state index is 0.329. The highest BCUT2D eigenvalue weighted by molar-refractivity contribution is 7.11. The van der Waals surface area contributed by atoms with E-state index >= 15 is 0 Å². The number of hydrogen-bond acceptors (Lipinski definition) is 5. The van der Waals surface area contributed by atoms with Crippen LogP contribution in [0, 0.1) is 0 Å². The summed E-state index contributed by atoms with van der Waals surface area (Å²) in [5, 5.41) is 4.57. The summed E-state index contributed by atoms with van der Waals surface area (Å²) in [4.78, 5) is 6.14. The van der Waals surface area contributed by atoms with Crippen LogP contribution in [0.5, 0.6) is 11.5 Å². The predicted octanol–water partition coefficient (Wildman–Crippen LogP) is 2.11. The molecule has 0 unspecified atom stereocenters. The summed E-state index contributed by atoms with van der Waals surface area (Å²) < 4.78 is 10.7. The highest BCUT2D eigenvalue weighted by Crippen LogP contribution is 2.33. The van der Waals surface area contributed by atoms with Gasteiger partial charge in [0.25, 0.3) is 0 Å². The molecule has 0 saturated heterocycles. The van der Waals surface area contributed by atoms with Crippen molar-refractivity contribution in [1.82, 2.24) is 10.3 Å². The zero-order valence-corrected chi connectivity index (χ0v) is 11.3. The number of benzene rings is 1. The molecule has 3 heterocycles. The van der Waals surface area contributed by atoms with Gasteiger partial charge in [0.1, 0.15) is 0 Å². The number of rotatable bonds is 2. The molecular formula is C14H14N2O2S. The quantitative estimate of drug-likeness (QED) is 0.911. The molecule has 19 heavy (non-hydrogen) atoms. The van der Waals surface area contributed by atoms with Gasteiger partial charge in [0, 0.05) is 30.8 Å². The minimum atomic E-state index is 0.329. The van der Waals surface area contributed by atoms with E-state index < -0.39 is 0 Å². The van der Waals surface area contributed by atoms with Gasteiger partial charge in [-0.2, -0.15) is 0 Å². The predicted molar refractivity (Wildman–Crippen MR) is 72.9 cm³/mol. The van der Waals surface area contributed by atoms with Gasteiger partial charge in [-0.05, 0) is 17.7 Å². The Morgan fingerprint density at radius 2 is 2.21 bits per heavy atom. The number of fused-ring (bicyclic) bond motifs is 2. The van der Waals surface area contributed by atoms with Gasteiger partial charge >= 0.3 is 0 Å². The van der Waals surface area contributed by atoms with Crippen molar-refractivity contribution < 1.29 is 9.47 Å². The topological polar surface area (TPSA) is 43.4 Å². The normalized spacial score (nSPS) is 16.4. The van der Waals surface area contributed by atoms with Gasteiger partial charge in [-0.25, -0.2) is 4.98 Å². The molecule has 5 heteroatoms. The molecule has 0 amide bonds. The standard InChI is InChI=1S/C14H14N2O2S/c1-2-11-12(18-8-17-11)5-9(1)6-14-16-10-3-4-15-7-13(10)19-14/h1-2,5,15H,3-4,6-8H2. The SMILES string of the molecule is c1cc2c(cc1Cc1nc3c(s1)CNCC3)OCO2. The number of hydrogen-bond donors (Lipinski definition) is 1. The molecule has 2 aliphatic heterocycles. The molecule has 2 aromatic rings. The van der Waals surface area contributed by atoms with E-state index in [0.29, 0.717) is 6.79 Å². The maximum atomic E-state index is 5.41. The number of ether oxygens (including phenoxy) is 2. The van der Waals surface area contributed by atoms with E-state index in [1.54, 1.807) is 0 Å². The first-order chi connectivity index (χ1) is 9.38. The first-order valence-corrected chi connectivity index (χ1v) is 7.27. The van der Waals surface area contributed by atoms with Gasteiger partial charge < -0.3 is 14.8 Å². The van der Waals surface area contributed by atoms with Crippen molar-refractivity contribution in [3.63, 3.8) is 0 Å². The zero-order valence-electron chi connectivity index (χ0n) is 10.4. The van der Waals surface area contributed by atoms with E-state index in [0.717, 1.165) is 37.4 Å². The molecule has 0 bridgehead atoms. The summed E-state index contributed by atoms with van der Waals surface area (Å²) in [6.07, 6.45) is 1.92. The lowest BCUT2D eigenvalue weighted by Gasteiger charge is -2.09. The Kier molecular flexibility index (Phi) is 2.67. The van der Waals surface area contributed by atoms with Crippen molar-refractivity contribution in [2.75, 3.05) is 13.3 Å². The molecule has 98 valence electrons. The van der Waals surface area contributed by atoms with Crippen molar-refractivity contribution in [2.24, 2.45) is 0 Å². The average molecular weight is 274 g/mol. The van der Waals surface area contributed by atoms with Crippen LogP contribution in [0.3, 0.4) is 0 Å². The first kappa shape index (κ1) is 11.3.